The third kappa shape index (κ3) is 3.78. The van der Waals surface area contributed by atoms with Gasteiger partial charge in [0, 0.05) is 24.9 Å². The molecule has 2 aliphatic rings. The Kier molecular flexibility index (Phi) is 4.96. The van der Waals surface area contributed by atoms with E-state index in [-0.39, 0.29) is 11.9 Å². The van der Waals surface area contributed by atoms with Crippen molar-refractivity contribution < 1.29 is 14.7 Å². The number of likely N-dealkylation sites (tertiary alicyclic amines) is 1. The van der Waals surface area contributed by atoms with Crippen molar-refractivity contribution in [3.05, 3.63) is 0 Å². The fourth-order valence-corrected chi connectivity index (χ4v) is 3.97. The van der Waals surface area contributed by atoms with Crippen LogP contribution in [0.3, 0.4) is 0 Å². The highest BCUT2D eigenvalue weighted by Gasteiger charge is 2.36. The van der Waals surface area contributed by atoms with Gasteiger partial charge in [0.25, 0.3) is 0 Å². The van der Waals surface area contributed by atoms with Gasteiger partial charge in [-0.15, -0.1) is 0 Å². The zero-order valence-electron chi connectivity index (χ0n) is 11.3. The van der Waals surface area contributed by atoms with Crippen LogP contribution in [-0.4, -0.2) is 52.6 Å². The lowest BCUT2D eigenvalue weighted by Gasteiger charge is -2.23. The van der Waals surface area contributed by atoms with Crippen molar-refractivity contribution in [1.82, 2.24) is 10.2 Å². The van der Waals surface area contributed by atoms with E-state index in [1.807, 2.05) is 18.7 Å². The zero-order chi connectivity index (χ0) is 13.8. The van der Waals surface area contributed by atoms with Gasteiger partial charge in [-0.1, -0.05) is 13.3 Å². The van der Waals surface area contributed by atoms with Crippen molar-refractivity contribution in [3.8, 4) is 0 Å². The van der Waals surface area contributed by atoms with Crippen LogP contribution in [0.2, 0.25) is 0 Å². The predicted octanol–water partition coefficient (Wildman–Crippen LogP) is 1.63. The molecule has 2 heterocycles. The second kappa shape index (κ2) is 6.50. The highest BCUT2D eigenvalue weighted by molar-refractivity contribution is 7.99. The number of carbonyl (C=O) groups excluding carboxylic acids is 1. The molecule has 3 unspecified atom stereocenters. The van der Waals surface area contributed by atoms with Crippen LogP contribution in [0, 0.1) is 11.8 Å². The fraction of sp³-hybridized carbons (Fsp3) is 0.846. The molecule has 0 aromatic rings. The summed E-state index contributed by atoms with van der Waals surface area (Å²) in [5, 5.41) is 12.5. The van der Waals surface area contributed by atoms with Gasteiger partial charge in [-0.2, -0.15) is 11.8 Å². The number of carboxylic acids is 1. The van der Waals surface area contributed by atoms with Gasteiger partial charge in [0.2, 0.25) is 0 Å². The van der Waals surface area contributed by atoms with E-state index in [9.17, 15) is 9.59 Å². The van der Waals surface area contributed by atoms with E-state index in [1.54, 1.807) is 4.90 Å². The summed E-state index contributed by atoms with van der Waals surface area (Å²) in [7, 11) is 0. The summed E-state index contributed by atoms with van der Waals surface area (Å²) in [6.45, 7) is 3.47. The number of hydrogen-bond acceptors (Lipinski definition) is 3. The number of thioether (sulfide) groups is 1. The van der Waals surface area contributed by atoms with Crippen LogP contribution in [0.4, 0.5) is 4.79 Å². The number of carboxylic acid groups (broad SMARTS) is 1. The molecule has 2 amide bonds. The number of amides is 2. The Bertz CT molecular complexity index is 345. The van der Waals surface area contributed by atoms with Gasteiger partial charge < -0.3 is 15.3 Å². The molecular weight excluding hydrogens is 264 g/mol. The Labute approximate surface area is 118 Å². The summed E-state index contributed by atoms with van der Waals surface area (Å²) in [6, 6.07) is -0.109. The van der Waals surface area contributed by atoms with E-state index in [0.29, 0.717) is 24.9 Å². The molecule has 0 aromatic carbocycles. The standard InChI is InChI=1S/C13H22N2O3S/c1-9-7-15(8-11(9)12(16)17)13(18)14-6-10-4-2-3-5-19-10/h9-11H,2-8H2,1H3,(H,14,18)(H,16,17). The minimum absolute atomic E-state index is 0.0345. The molecule has 2 fully saturated rings. The Morgan fingerprint density at radius 2 is 2.16 bits per heavy atom. The first kappa shape index (κ1) is 14.5. The molecule has 0 saturated carbocycles. The second-order valence-electron chi connectivity index (χ2n) is 5.50. The van der Waals surface area contributed by atoms with Gasteiger partial charge in [-0.05, 0) is 24.5 Å². The molecule has 5 nitrogen and oxygen atoms in total. The van der Waals surface area contributed by atoms with Crippen molar-refractivity contribution in [2.45, 2.75) is 31.4 Å². The summed E-state index contributed by atoms with van der Waals surface area (Å²) in [4.78, 5) is 24.7. The van der Waals surface area contributed by atoms with Crippen molar-refractivity contribution in [2.75, 3.05) is 25.4 Å². The number of nitrogens with one attached hydrogen (secondary N) is 1. The summed E-state index contributed by atoms with van der Waals surface area (Å²) in [5.74, 6) is -0.00436. The first-order valence-electron chi connectivity index (χ1n) is 6.95. The summed E-state index contributed by atoms with van der Waals surface area (Å²) in [6.07, 6.45) is 3.69. The number of aliphatic carboxylic acids is 1. The number of nitrogens with zero attached hydrogens (tertiary/aromatic N) is 1. The minimum atomic E-state index is -0.800. The van der Waals surface area contributed by atoms with Gasteiger partial charge in [0.15, 0.2) is 0 Å². The van der Waals surface area contributed by atoms with Crippen LogP contribution >= 0.6 is 11.8 Å². The normalized spacial score (nSPS) is 31.2. The first-order valence-corrected chi connectivity index (χ1v) is 8.00. The molecule has 19 heavy (non-hydrogen) atoms. The Morgan fingerprint density at radius 1 is 1.37 bits per heavy atom. The van der Waals surface area contributed by atoms with Crippen LogP contribution in [-0.2, 0) is 4.79 Å². The van der Waals surface area contributed by atoms with E-state index in [1.165, 1.54) is 25.0 Å². The largest absolute Gasteiger partial charge is 0.481 e. The lowest BCUT2D eigenvalue weighted by atomic mass is 9.99. The van der Waals surface area contributed by atoms with Gasteiger partial charge in [0.1, 0.15) is 0 Å². The molecule has 0 spiro atoms. The average Bonchev–Trinajstić information content (AvgIpc) is 2.79. The topological polar surface area (TPSA) is 69.6 Å². The summed E-state index contributed by atoms with van der Waals surface area (Å²) in [5.41, 5.74) is 0. The maximum Gasteiger partial charge on any atom is 0.317 e. The zero-order valence-corrected chi connectivity index (χ0v) is 12.1. The quantitative estimate of drug-likeness (QED) is 0.827. The number of hydrogen-bond donors (Lipinski definition) is 2. The van der Waals surface area contributed by atoms with Crippen molar-refractivity contribution in [1.29, 1.82) is 0 Å². The van der Waals surface area contributed by atoms with Crippen LogP contribution in [0.25, 0.3) is 0 Å². The SMILES string of the molecule is CC1CN(C(=O)NCC2CCCCS2)CC1C(=O)O. The van der Waals surface area contributed by atoms with E-state index in [2.05, 4.69) is 5.32 Å². The molecule has 2 saturated heterocycles. The molecule has 108 valence electrons. The fourth-order valence-electron chi connectivity index (χ4n) is 2.74. The lowest BCUT2D eigenvalue weighted by molar-refractivity contribution is -0.142. The Morgan fingerprint density at radius 3 is 2.74 bits per heavy atom. The van der Waals surface area contributed by atoms with Crippen molar-refractivity contribution in [2.24, 2.45) is 11.8 Å². The van der Waals surface area contributed by atoms with Crippen LogP contribution in [0.5, 0.6) is 0 Å². The van der Waals surface area contributed by atoms with E-state index in [4.69, 9.17) is 5.11 Å². The molecule has 6 heteroatoms. The van der Waals surface area contributed by atoms with Crippen LogP contribution in [0.15, 0.2) is 0 Å². The first-order chi connectivity index (χ1) is 9.08. The molecule has 2 aliphatic heterocycles. The molecule has 0 bridgehead atoms. The Balaban J connectivity index is 1.76. The van der Waals surface area contributed by atoms with E-state index in [0.717, 1.165) is 0 Å². The predicted molar refractivity (Wildman–Crippen MR) is 75.4 cm³/mol. The summed E-state index contributed by atoms with van der Waals surface area (Å²) < 4.78 is 0. The minimum Gasteiger partial charge on any atom is -0.481 e. The number of carbonyl (C=O) groups is 2. The third-order valence-electron chi connectivity index (χ3n) is 3.97. The monoisotopic (exact) mass is 286 g/mol. The van der Waals surface area contributed by atoms with Gasteiger partial charge in [-0.3, -0.25) is 4.79 Å². The molecule has 0 aliphatic carbocycles. The number of urea groups is 1. The Hall–Kier alpha value is -0.910. The highest BCUT2D eigenvalue weighted by Crippen LogP contribution is 2.25. The molecular formula is C13H22N2O3S. The lowest BCUT2D eigenvalue weighted by Crippen LogP contribution is -2.42. The van der Waals surface area contributed by atoms with Crippen molar-refractivity contribution in [3.63, 3.8) is 0 Å². The van der Waals surface area contributed by atoms with E-state index >= 15 is 0 Å². The summed E-state index contributed by atoms with van der Waals surface area (Å²) >= 11 is 1.93. The third-order valence-corrected chi connectivity index (χ3v) is 5.37. The van der Waals surface area contributed by atoms with E-state index < -0.39 is 11.9 Å². The maximum absolute atomic E-state index is 12.0. The van der Waals surface area contributed by atoms with Gasteiger partial charge >= 0.3 is 12.0 Å². The second-order valence-corrected chi connectivity index (χ2v) is 6.91. The van der Waals surface area contributed by atoms with Gasteiger partial charge in [-0.25, -0.2) is 4.79 Å². The highest BCUT2D eigenvalue weighted by atomic mass is 32.2. The van der Waals surface area contributed by atoms with Crippen LogP contribution in [0.1, 0.15) is 26.2 Å². The molecule has 2 N–H and O–H groups in total. The maximum atomic E-state index is 12.0. The smallest absolute Gasteiger partial charge is 0.317 e. The van der Waals surface area contributed by atoms with Gasteiger partial charge in [0.05, 0.1) is 5.92 Å². The number of rotatable bonds is 3. The average molecular weight is 286 g/mol. The van der Waals surface area contributed by atoms with Crippen molar-refractivity contribution >= 4 is 23.8 Å². The molecule has 2 rings (SSSR count). The van der Waals surface area contributed by atoms with Crippen LogP contribution < -0.4 is 5.32 Å². The molecule has 0 aromatic heterocycles. The molecule has 0 radical (unpaired) electrons. The molecule has 3 atom stereocenters.